The number of carbonyl (C=O) groups excluding carboxylic acids is 1. The standard InChI is InChI=1S/C17H24N2O.ClH/c1-2-15(16-6-4-3-5-7-16)12-17(20)19-13-14-8-10-18-11-9-14;/h3-8,15,18H,2,9-13H2,1H3,(H,19,20);1H. The number of nitrogens with one attached hydrogen (secondary N) is 2. The summed E-state index contributed by atoms with van der Waals surface area (Å²) in [5.41, 5.74) is 2.59. The molecule has 0 aliphatic carbocycles. The highest BCUT2D eigenvalue weighted by Gasteiger charge is 2.14. The maximum absolute atomic E-state index is 12.1. The molecule has 0 fully saturated rings. The van der Waals surface area contributed by atoms with Gasteiger partial charge in [-0.3, -0.25) is 4.79 Å². The van der Waals surface area contributed by atoms with E-state index in [0.29, 0.717) is 18.9 Å². The molecule has 1 aliphatic heterocycles. The molecule has 1 aromatic rings. The Hall–Kier alpha value is -1.32. The third-order valence-electron chi connectivity index (χ3n) is 3.87. The van der Waals surface area contributed by atoms with Crippen LogP contribution in [0.3, 0.4) is 0 Å². The lowest BCUT2D eigenvalue weighted by Gasteiger charge is -2.17. The lowest BCUT2D eigenvalue weighted by atomic mass is 9.93. The Labute approximate surface area is 133 Å². The maximum Gasteiger partial charge on any atom is 0.220 e. The molecule has 0 aromatic heterocycles. The van der Waals surface area contributed by atoms with Gasteiger partial charge in [-0.15, -0.1) is 12.4 Å². The van der Waals surface area contributed by atoms with Gasteiger partial charge in [0.25, 0.3) is 0 Å². The maximum atomic E-state index is 12.1. The first-order chi connectivity index (χ1) is 9.79. The van der Waals surface area contributed by atoms with Crippen LogP contribution in [0.25, 0.3) is 0 Å². The van der Waals surface area contributed by atoms with Gasteiger partial charge >= 0.3 is 0 Å². The molecule has 0 saturated heterocycles. The average Bonchev–Trinajstić information content (AvgIpc) is 2.52. The van der Waals surface area contributed by atoms with Crippen molar-refractivity contribution >= 4 is 18.3 Å². The predicted molar refractivity (Wildman–Crippen MR) is 89.9 cm³/mol. The highest BCUT2D eigenvalue weighted by molar-refractivity contribution is 5.85. The van der Waals surface area contributed by atoms with Crippen LogP contribution in [0.15, 0.2) is 42.0 Å². The first kappa shape index (κ1) is 17.7. The van der Waals surface area contributed by atoms with Crippen molar-refractivity contribution in [2.45, 2.75) is 32.1 Å². The second kappa shape index (κ2) is 9.59. The Kier molecular flexibility index (Phi) is 8.09. The third-order valence-corrected chi connectivity index (χ3v) is 3.87. The Morgan fingerprint density at radius 1 is 1.33 bits per heavy atom. The highest BCUT2D eigenvalue weighted by atomic mass is 35.5. The minimum absolute atomic E-state index is 0. The van der Waals surface area contributed by atoms with Gasteiger partial charge in [-0.25, -0.2) is 0 Å². The van der Waals surface area contributed by atoms with Crippen LogP contribution in [0, 0.1) is 0 Å². The van der Waals surface area contributed by atoms with Crippen molar-refractivity contribution in [3.8, 4) is 0 Å². The zero-order valence-electron chi connectivity index (χ0n) is 12.6. The quantitative estimate of drug-likeness (QED) is 0.793. The van der Waals surface area contributed by atoms with Crippen molar-refractivity contribution in [1.29, 1.82) is 0 Å². The van der Waals surface area contributed by atoms with Crippen LogP contribution in [-0.4, -0.2) is 25.5 Å². The topological polar surface area (TPSA) is 41.1 Å². The average molecular weight is 309 g/mol. The molecule has 116 valence electrons. The summed E-state index contributed by atoms with van der Waals surface area (Å²) in [6.07, 6.45) is 4.78. The zero-order chi connectivity index (χ0) is 14.2. The SMILES string of the molecule is CCC(CC(=O)NCC1=CCNCC1)c1ccccc1.Cl. The number of rotatable bonds is 6. The summed E-state index contributed by atoms with van der Waals surface area (Å²) in [5.74, 6) is 0.471. The van der Waals surface area contributed by atoms with Gasteiger partial charge in [-0.05, 0) is 30.9 Å². The molecule has 1 amide bonds. The molecule has 21 heavy (non-hydrogen) atoms. The molecule has 0 radical (unpaired) electrons. The first-order valence-electron chi connectivity index (χ1n) is 7.50. The normalized spacial score (nSPS) is 15.6. The van der Waals surface area contributed by atoms with Crippen LogP contribution in [0.2, 0.25) is 0 Å². The van der Waals surface area contributed by atoms with Gasteiger partial charge in [0, 0.05) is 19.5 Å². The van der Waals surface area contributed by atoms with Crippen LogP contribution < -0.4 is 10.6 Å². The minimum Gasteiger partial charge on any atom is -0.352 e. The lowest BCUT2D eigenvalue weighted by molar-refractivity contribution is -0.121. The molecule has 1 heterocycles. The molecular weight excluding hydrogens is 284 g/mol. The molecule has 0 saturated carbocycles. The van der Waals surface area contributed by atoms with E-state index in [1.165, 1.54) is 11.1 Å². The molecule has 4 heteroatoms. The van der Waals surface area contributed by atoms with Gasteiger partial charge in [-0.1, -0.05) is 48.9 Å². The first-order valence-corrected chi connectivity index (χ1v) is 7.50. The van der Waals surface area contributed by atoms with Crippen LogP contribution >= 0.6 is 12.4 Å². The largest absolute Gasteiger partial charge is 0.352 e. The van der Waals surface area contributed by atoms with E-state index in [4.69, 9.17) is 0 Å². The number of amides is 1. The molecule has 2 rings (SSSR count). The summed E-state index contributed by atoms with van der Waals surface area (Å²) in [6, 6.07) is 10.3. The minimum atomic E-state index is 0. The van der Waals surface area contributed by atoms with E-state index in [9.17, 15) is 4.79 Å². The van der Waals surface area contributed by atoms with Crippen molar-refractivity contribution in [2.24, 2.45) is 0 Å². The molecule has 1 aliphatic rings. The van der Waals surface area contributed by atoms with Crippen molar-refractivity contribution in [1.82, 2.24) is 10.6 Å². The van der Waals surface area contributed by atoms with Crippen LogP contribution in [0.1, 0.15) is 37.7 Å². The fourth-order valence-electron chi connectivity index (χ4n) is 2.56. The summed E-state index contributed by atoms with van der Waals surface area (Å²) < 4.78 is 0. The fourth-order valence-corrected chi connectivity index (χ4v) is 2.56. The van der Waals surface area contributed by atoms with E-state index < -0.39 is 0 Å². The third kappa shape index (κ3) is 5.90. The van der Waals surface area contributed by atoms with Gasteiger partial charge in [0.15, 0.2) is 0 Å². The van der Waals surface area contributed by atoms with Crippen LogP contribution in [0.4, 0.5) is 0 Å². The Morgan fingerprint density at radius 3 is 2.71 bits per heavy atom. The molecule has 2 N–H and O–H groups in total. The number of carbonyl (C=O) groups is 1. The predicted octanol–water partition coefficient (Wildman–Crippen LogP) is 3.03. The van der Waals surface area contributed by atoms with Gasteiger partial charge in [0.05, 0.1) is 0 Å². The molecule has 0 spiro atoms. The zero-order valence-corrected chi connectivity index (χ0v) is 13.4. The van der Waals surface area contributed by atoms with E-state index in [0.717, 1.165) is 25.9 Å². The second-order valence-electron chi connectivity index (χ2n) is 5.31. The van der Waals surface area contributed by atoms with E-state index in [1.807, 2.05) is 18.2 Å². The summed E-state index contributed by atoms with van der Waals surface area (Å²) in [6.45, 7) is 4.78. The monoisotopic (exact) mass is 308 g/mol. The highest BCUT2D eigenvalue weighted by Crippen LogP contribution is 2.22. The molecule has 1 unspecified atom stereocenters. The Balaban J connectivity index is 0.00000220. The fraction of sp³-hybridized carbons (Fsp3) is 0.471. The van der Waals surface area contributed by atoms with E-state index in [-0.39, 0.29) is 18.3 Å². The number of hydrogen-bond acceptors (Lipinski definition) is 2. The van der Waals surface area contributed by atoms with Gasteiger partial charge < -0.3 is 10.6 Å². The second-order valence-corrected chi connectivity index (χ2v) is 5.31. The molecule has 0 bridgehead atoms. The number of benzene rings is 1. The Bertz CT molecular complexity index is 459. The van der Waals surface area contributed by atoms with E-state index >= 15 is 0 Å². The summed E-state index contributed by atoms with van der Waals surface area (Å²) in [5, 5.41) is 6.33. The molecule has 1 atom stereocenters. The molecule has 3 nitrogen and oxygen atoms in total. The van der Waals surface area contributed by atoms with Crippen LogP contribution in [-0.2, 0) is 4.79 Å². The van der Waals surface area contributed by atoms with Crippen molar-refractivity contribution in [3.05, 3.63) is 47.5 Å². The van der Waals surface area contributed by atoms with Gasteiger partial charge in [0.1, 0.15) is 0 Å². The number of hydrogen-bond donors (Lipinski definition) is 2. The molecular formula is C17H25ClN2O. The van der Waals surface area contributed by atoms with Gasteiger partial charge in [-0.2, -0.15) is 0 Å². The van der Waals surface area contributed by atoms with Crippen molar-refractivity contribution in [2.75, 3.05) is 19.6 Å². The summed E-state index contributed by atoms with van der Waals surface area (Å²) in [4.78, 5) is 12.1. The summed E-state index contributed by atoms with van der Waals surface area (Å²) in [7, 11) is 0. The van der Waals surface area contributed by atoms with E-state index in [2.05, 4.69) is 35.8 Å². The molecule has 1 aromatic carbocycles. The van der Waals surface area contributed by atoms with E-state index in [1.54, 1.807) is 0 Å². The summed E-state index contributed by atoms with van der Waals surface area (Å²) >= 11 is 0. The Morgan fingerprint density at radius 2 is 2.10 bits per heavy atom. The van der Waals surface area contributed by atoms with Gasteiger partial charge in [0.2, 0.25) is 5.91 Å². The van der Waals surface area contributed by atoms with Crippen LogP contribution in [0.5, 0.6) is 0 Å². The smallest absolute Gasteiger partial charge is 0.220 e. The van der Waals surface area contributed by atoms with Crippen molar-refractivity contribution < 1.29 is 4.79 Å². The lowest BCUT2D eigenvalue weighted by Crippen LogP contribution is -2.30. The van der Waals surface area contributed by atoms with Crippen molar-refractivity contribution in [3.63, 3.8) is 0 Å². The number of halogens is 1.